The van der Waals surface area contributed by atoms with Gasteiger partial charge in [-0.05, 0) is 150 Å². The van der Waals surface area contributed by atoms with Crippen LogP contribution in [-0.4, -0.2) is 0 Å². The van der Waals surface area contributed by atoms with Gasteiger partial charge in [-0.25, -0.2) is 0 Å². The molecule has 12 aromatic carbocycles. The number of fused-ring (bicyclic) bond motifs is 8. The van der Waals surface area contributed by atoms with Gasteiger partial charge in [0.25, 0.3) is 0 Å². The molecule has 0 N–H and O–H groups in total. The molecule has 0 saturated carbocycles. The molecule has 0 fully saturated rings. The summed E-state index contributed by atoms with van der Waals surface area (Å²) in [7, 11) is -3.99. The Bertz CT molecular complexity index is 4380. The van der Waals surface area contributed by atoms with Gasteiger partial charge in [-0.2, -0.15) is 0 Å². The van der Waals surface area contributed by atoms with Crippen molar-refractivity contribution in [2.75, 3.05) is 14.7 Å². The average molecular weight is 1080 g/mol. The molecule has 5 aliphatic rings. The molecule has 0 spiro atoms. The molecule has 12 aromatic rings. The van der Waals surface area contributed by atoms with Crippen LogP contribution in [0.5, 0.6) is 0 Å². The van der Waals surface area contributed by atoms with Crippen molar-refractivity contribution >= 4 is 74.2 Å². The van der Waals surface area contributed by atoms with Gasteiger partial charge in [0.05, 0.1) is 60.9 Å². The quantitative estimate of drug-likeness (QED) is 0.149. The molecule has 17 rings (SSSR count). The lowest BCUT2D eigenvalue weighted by atomic mass is 9.67. The van der Waals surface area contributed by atoms with E-state index < -0.39 is 18.0 Å². The fraction of sp³-hybridized carbons (Fsp3) is 0.0769. The Balaban J connectivity index is 1.15. The molecular formula is C78H56N3OP. The molecule has 83 heavy (non-hydrogen) atoms. The zero-order valence-electron chi connectivity index (χ0n) is 46.6. The number of hydrogen-bond donors (Lipinski definition) is 0. The van der Waals surface area contributed by atoms with Gasteiger partial charge in [-0.3, -0.25) is 0 Å². The third-order valence-electron chi connectivity index (χ3n) is 18.8. The molecule has 4 nitrogen and oxygen atoms in total. The second-order valence-corrected chi connectivity index (χ2v) is 25.9. The molecule has 3 heterocycles. The second kappa shape index (κ2) is 17.4. The first-order valence-corrected chi connectivity index (χ1v) is 30.6. The maximum Gasteiger partial charge on any atom is 0.183 e. The van der Waals surface area contributed by atoms with Crippen LogP contribution in [0.25, 0.3) is 22.3 Å². The van der Waals surface area contributed by atoms with Gasteiger partial charge in [0, 0.05) is 28.2 Å². The minimum absolute atomic E-state index is 0.786. The fourth-order valence-corrected chi connectivity index (χ4v) is 19.1. The highest BCUT2D eigenvalue weighted by Crippen LogP contribution is 2.74. The third-order valence-corrected chi connectivity index (χ3v) is 22.0. The lowest BCUT2D eigenvalue weighted by Crippen LogP contribution is -2.48. The number of benzene rings is 12. The summed E-state index contributed by atoms with van der Waals surface area (Å²) in [6.07, 6.45) is 0. The Morgan fingerprint density at radius 1 is 0.289 bits per heavy atom. The van der Waals surface area contributed by atoms with E-state index in [2.05, 4.69) is 309 Å². The molecule has 0 aromatic heterocycles. The van der Waals surface area contributed by atoms with Gasteiger partial charge in [0.2, 0.25) is 0 Å². The first kappa shape index (κ1) is 48.0. The molecule has 5 heteroatoms. The predicted molar refractivity (Wildman–Crippen MR) is 344 cm³/mol. The van der Waals surface area contributed by atoms with E-state index in [1.165, 1.54) is 44.5 Å². The number of rotatable bonds is 7. The molecule has 0 radical (unpaired) electrons. The molecule has 0 atom stereocenters. The highest BCUT2D eigenvalue weighted by molar-refractivity contribution is 7.87. The normalized spacial score (nSPS) is 15.3. The van der Waals surface area contributed by atoms with Gasteiger partial charge in [-0.1, -0.05) is 223 Å². The molecule has 394 valence electrons. The van der Waals surface area contributed by atoms with Crippen molar-refractivity contribution in [2.24, 2.45) is 0 Å². The van der Waals surface area contributed by atoms with Crippen LogP contribution in [0.3, 0.4) is 0 Å². The van der Waals surface area contributed by atoms with Crippen molar-refractivity contribution in [1.82, 2.24) is 0 Å². The molecular weight excluding hydrogens is 1030 g/mol. The van der Waals surface area contributed by atoms with Crippen LogP contribution in [0.4, 0.5) is 51.2 Å². The van der Waals surface area contributed by atoms with Gasteiger partial charge >= 0.3 is 0 Å². The predicted octanol–water partition coefficient (Wildman–Crippen LogP) is 18.6. The lowest BCUT2D eigenvalue weighted by Gasteiger charge is -2.51. The second-order valence-electron chi connectivity index (χ2n) is 23.4. The van der Waals surface area contributed by atoms with Crippen LogP contribution < -0.4 is 30.6 Å². The topological polar surface area (TPSA) is 26.8 Å². The van der Waals surface area contributed by atoms with E-state index in [1.807, 2.05) is 0 Å². The minimum atomic E-state index is -3.99. The van der Waals surface area contributed by atoms with Crippen LogP contribution in [0.2, 0.25) is 0 Å². The summed E-state index contributed by atoms with van der Waals surface area (Å²) in [5.41, 5.74) is 25.5. The van der Waals surface area contributed by atoms with E-state index in [0.29, 0.717) is 0 Å². The van der Waals surface area contributed by atoms with E-state index in [9.17, 15) is 0 Å². The number of hydrogen-bond acceptors (Lipinski definition) is 4. The van der Waals surface area contributed by atoms with Gasteiger partial charge in [0.15, 0.2) is 7.14 Å². The van der Waals surface area contributed by atoms with Crippen molar-refractivity contribution in [1.29, 1.82) is 0 Å². The van der Waals surface area contributed by atoms with Crippen molar-refractivity contribution in [3.8, 4) is 22.3 Å². The lowest BCUT2D eigenvalue weighted by molar-refractivity contribution is 0.592. The van der Waals surface area contributed by atoms with Crippen LogP contribution in [0.1, 0.15) is 66.8 Å². The number of anilines is 9. The van der Waals surface area contributed by atoms with E-state index >= 15 is 4.57 Å². The largest absolute Gasteiger partial charge is 0.309 e. The first-order chi connectivity index (χ1) is 40.7. The summed E-state index contributed by atoms with van der Waals surface area (Å²) >= 11 is 0. The van der Waals surface area contributed by atoms with Gasteiger partial charge in [0.1, 0.15) is 0 Å². The van der Waals surface area contributed by atoms with Crippen molar-refractivity contribution < 1.29 is 4.57 Å². The molecule has 2 aliphatic carbocycles. The Kier molecular flexibility index (Phi) is 10.1. The molecule has 0 saturated heterocycles. The monoisotopic (exact) mass is 1080 g/mol. The summed E-state index contributed by atoms with van der Waals surface area (Å²) in [4.78, 5) is 7.54. The number of aryl methyl sites for hydroxylation is 4. The highest BCUT2D eigenvalue weighted by Gasteiger charge is 2.61. The van der Waals surface area contributed by atoms with Crippen LogP contribution >= 0.6 is 7.14 Å². The zero-order chi connectivity index (χ0) is 55.5. The first-order valence-electron chi connectivity index (χ1n) is 28.9. The maximum absolute atomic E-state index is 19.4. The van der Waals surface area contributed by atoms with E-state index in [-0.39, 0.29) is 0 Å². The van der Waals surface area contributed by atoms with Crippen LogP contribution in [-0.2, 0) is 15.4 Å². The Hall–Kier alpha value is -9.73. The van der Waals surface area contributed by atoms with Crippen molar-refractivity contribution in [3.63, 3.8) is 0 Å². The Labute approximate surface area is 485 Å². The average Bonchev–Trinajstić information content (AvgIpc) is 1.65. The van der Waals surface area contributed by atoms with Gasteiger partial charge < -0.3 is 19.3 Å². The Morgan fingerprint density at radius 3 is 0.940 bits per heavy atom. The summed E-state index contributed by atoms with van der Waals surface area (Å²) < 4.78 is 19.4. The van der Waals surface area contributed by atoms with E-state index in [4.69, 9.17) is 0 Å². The van der Waals surface area contributed by atoms with Gasteiger partial charge in [-0.15, -0.1) is 0 Å². The van der Waals surface area contributed by atoms with Crippen LogP contribution in [0.15, 0.2) is 267 Å². The smallest absolute Gasteiger partial charge is 0.183 e. The summed E-state index contributed by atoms with van der Waals surface area (Å²) in [5.74, 6) is 0. The summed E-state index contributed by atoms with van der Waals surface area (Å²) in [5, 5.41) is 2.59. The highest BCUT2D eigenvalue weighted by atomic mass is 31.2. The molecule has 3 aliphatic heterocycles. The zero-order valence-corrected chi connectivity index (χ0v) is 47.5. The third kappa shape index (κ3) is 6.18. The SMILES string of the molecule is Cc1ccc(N2c3cc(C)cc4c3P3(=O)c5c2cc2c(c5N(c5ccc(C)cc5)c5c6c(cc(c53)N4c3ccc(C)cc3)C(c3ccccc3)(c3ccccc3)c3ccccc3-6)-c3ccccc3C2(c2ccccc2)c2ccccc2)cc1. The van der Waals surface area contributed by atoms with E-state index in [0.717, 1.165) is 112 Å². The summed E-state index contributed by atoms with van der Waals surface area (Å²) in [6, 6.07) is 99.2. The Morgan fingerprint density at radius 2 is 0.590 bits per heavy atom. The minimum Gasteiger partial charge on any atom is -0.309 e. The maximum atomic E-state index is 19.4. The van der Waals surface area contributed by atoms with Crippen molar-refractivity contribution in [3.05, 3.63) is 334 Å². The van der Waals surface area contributed by atoms with Crippen molar-refractivity contribution in [2.45, 2.75) is 38.5 Å². The van der Waals surface area contributed by atoms with Crippen LogP contribution in [0, 0.1) is 27.7 Å². The number of nitrogens with zero attached hydrogens (tertiary/aromatic N) is 3. The summed E-state index contributed by atoms with van der Waals surface area (Å²) in [6.45, 7) is 8.69. The molecule has 0 unspecified atom stereocenters. The molecule has 0 amide bonds. The standard InChI is InChI=1S/C78H56N3OP/c1-49-33-39-57(40-34-49)79-66-45-52(4)46-67-74(66)83(82)75-68(79)47-64-70(60-29-17-19-31-62(60)77(64,53-21-9-5-10-22-53)54-23-11-6-12-24-54)72(75)81(59-43-37-51(3)38-44-59)73-71-61-30-18-20-32-63(61)78(55-25-13-7-14-26-55,56-27-15-8-16-28-56)65(71)48-69(76(73)83)80(67)58-41-35-50(2)36-42-58/h5-48H,1-4H3. The fourth-order valence-electron chi connectivity index (χ4n) is 15.5. The molecule has 0 bridgehead atoms. The van der Waals surface area contributed by atoms with E-state index in [1.54, 1.807) is 0 Å².